The van der Waals surface area contributed by atoms with Crippen molar-refractivity contribution < 1.29 is 83.9 Å². The Balaban J connectivity index is 0.903. The topological polar surface area (TPSA) is 256 Å². The second-order valence-electron chi connectivity index (χ2n) is 21.1. The van der Waals surface area contributed by atoms with Crippen molar-refractivity contribution >= 4 is 0 Å². The first-order valence-corrected chi connectivity index (χ1v) is 23.3. The van der Waals surface area contributed by atoms with E-state index in [9.17, 15) is 46.0 Å². The molecule has 5 aliphatic heterocycles. The van der Waals surface area contributed by atoms with Gasteiger partial charge in [-0.3, -0.25) is 0 Å². The second-order valence-corrected chi connectivity index (χ2v) is 21.1. The summed E-state index contributed by atoms with van der Waals surface area (Å²) < 4.78 is 49.9. The van der Waals surface area contributed by atoms with Gasteiger partial charge in [-0.1, -0.05) is 32.9 Å². The van der Waals surface area contributed by atoms with E-state index in [4.69, 9.17) is 37.9 Å². The normalized spacial score (nSPS) is 57.8. The molecule has 9 aliphatic rings. The van der Waals surface area contributed by atoms with Gasteiger partial charge in [-0.05, 0) is 105 Å². The molecular formula is C45H72O17. The summed E-state index contributed by atoms with van der Waals surface area (Å²) in [4.78, 5) is 0. The minimum Gasteiger partial charge on any atom is -0.394 e. The Kier molecular flexibility index (Phi) is 12.9. The average molecular weight is 885 g/mol. The van der Waals surface area contributed by atoms with E-state index in [0.717, 1.165) is 63.4 Å². The summed E-state index contributed by atoms with van der Waals surface area (Å²) in [6.45, 7) is 12.2. The SMILES string of the molecule is C=C1CC[C@@]2(OC1)O[C@H]1C[C@H]3[C@@H]4CC[C@@H]5C[C@@H](O[C@@H]6O[C@H](CO)[C@@H](O[C@@H]7O[C@@H](C)[C@H](O)[C@@H](O)[C@H]7O)[C@H](O)[C@H]6O[C@@H]6O[C@H](CO)[C@@H](O)[C@H](O)[C@H]6O)CC[C@]5(C)[C@H]4CC[C@]3(C)[C@H]1[C@@H]2C. The molecule has 26 atom stereocenters. The summed E-state index contributed by atoms with van der Waals surface area (Å²) in [7, 11) is 0. The Morgan fingerprint density at radius 1 is 0.645 bits per heavy atom. The molecule has 9 rings (SSSR count). The zero-order valence-electron chi connectivity index (χ0n) is 36.5. The molecule has 354 valence electrons. The third kappa shape index (κ3) is 7.49. The average Bonchev–Trinajstić information content (AvgIpc) is 3.70. The molecular weight excluding hydrogens is 812 g/mol. The third-order valence-electron chi connectivity index (χ3n) is 18.0. The second kappa shape index (κ2) is 17.3. The first-order valence-electron chi connectivity index (χ1n) is 23.3. The third-order valence-corrected chi connectivity index (χ3v) is 18.0. The van der Waals surface area contributed by atoms with E-state index in [1.165, 1.54) is 6.92 Å². The molecule has 0 amide bonds. The molecule has 17 heteroatoms. The van der Waals surface area contributed by atoms with Crippen LogP contribution in [-0.4, -0.2) is 176 Å². The monoisotopic (exact) mass is 884 g/mol. The molecule has 62 heavy (non-hydrogen) atoms. The van der Waals surface area contributed by atoms with E-state index in [1.807, 2.05) is 0 Å². The highest BCUT2D eigenvalue weighted by Gasteiger charge is 2.69. The van der Waals surface area contributed by atoms with Gasteiger partial charge >= 0.3 is 0 Å². The van der Waals surface area contributed by atoms with Gasteiger partial charge in [0.05, 0.1) is 38.1 Å². The predicted octanol–water partition coefficient (Wildman–Crippen LogP) is 0.214. The zero-order valence-corrected chi connectivity index (χ0v) is 36.5. The van der Waals surface area contributed by atoms with E-state index in [2.05, 4.69) is 27.4 Å². The van der Waals surface area contributed by atoms with Crippen LogP contribution < -0.4 is 0 Å². The molecule has 0 aromatic carbocycles. The standard InChI is InChI=1S/C45H72O17/c1-19-8-13-45(55-18-19)20(2)30-27(62-45)15-26-24-7-6-22-14-23(9-11-43(22,4)25(24)10-12-44(26,30)5)57-42-39(61-41-36(53)34(51)32(49)28(16-46)58-41)37(54)38(29(17-47)59-42)60-40-35(52)33(50)31(48)21(3)56-40/h20-42,46-54H,1,6-18H2,2-5H3/t20-,21-,22+,23-,24+,25-,26-,27-,28+,29+,30-,31-,32+,33+,34-,35+,36+,37-,38+,39+,40-,41-,42+,43-,44-,45+/m0/s1. The number of aliphatic hydroxyl groups excluding tert-OH is 9. The van der Waals surface area contributed by atoms with Crippen molar-refractivity contribution in [3.8, 4) is 0 Å². The van der Waals surface area contributed by atoms with Crippen LogP contribution >= 0.6 is 0 Å². The lowest BCUT2D eigenvalue weighted by molar-refractivity contribution is -0.391. The highest BCUT2D eigenvalue weighted by atomic mass is 16.8. The van der Waals surface area contributed by atoms with Gasteiger partial charge in [0.2, 0.25) is 0 Å². The summed E-state index contributed by atoms with van der Waals surface area (Å²) >= 11 is 0. The van der Waals surface area contributed by atoms with E-state index in [-0.39, 0.29) is 23.0 Å². The van der Waals surface area contributed by atoms with Crippen LogP contribution in [0.5, 0.6) is 0 Å². The highest BCUT2D eigenvalue weighted by Crippen LogP contribution is 2.71. The predicted molar refractivity (Wildman–Crippen MR) is 214 cm³/mol. The van der Waals surface area contributed by atoms with Gasteiger partial charge in [0, 0.05) is 12.3 Å². The minimum atomic E-state index is -1.81. The maximum absolute atomic E-state index is 12.0. The van der Waals surface area contributed by atoms with Crippen molar-refractivity contribution in [2.75, 3.05) is 19.8 Å². The van der Waals surface area contributed by atoms with Gasteiger partial charge in [0.15, 0.2) is 24.7 Å². The van der Waals surface area contributed by atoms with E-state index in [0.29, 0.717) is 48.5 Å². The van der Waals surface area contributed by atoms with Crippen molar-refractivity contribution in [1.82, 2.24) is 0 Å². The Labute approximate surface area is 363 Å². The Hall–Kier alpha value is -0.940. The quantitative estimate of drug-likeness (QED) is 0.117. The molecule has 0 bridgehead atoms. The molecule has 4 saturated carbocycles. The van der Waals surface area contributed by atoms with Gasteiger partial charge in [0.1, 0.15) is 67.1 Å². The van der Waals surface area contributed by atoms with Gasteiger partial charge in [-0.25, -0.2) is 0 Å². The summed E-state index contributed by atoms with van der Waals surface area (Å²) in [6, 6.07) is 0. The van der Waals surface area contributed by atoms with E-state index >= 15 is 0 Å². The molecule has 0 radical (unpaired) electrons. The fourth-order valence-corrected chi connectivity index (χ4v) is 14.5. The van der Waals surface area contributed by atoms with E-state index in [1.54, 1.807) is 0 Å². The fourth-order valence-electron chi connectivity index (χ4n) is 14.5. The van der Waals surface area contributed by atoms with Crippen molar-refractivity contribution in [1.29, 1.82) is 0 Å². The fraction of sp³-hybridized carbons (Fsp3) is 0.956. The Bertz CT molecular complexity index is 1590. The molecule has 0 aromatic heterocycles. The summed E-state index contributed by atoms with van der Waals surface area (Å²) in [5.74, 6) is 2.40. The summed E-state index contributed by atoms with van der Waals surface area (Å²) in [6.07, 6.45) is -13.2. The van der Waals surface area contributed by atoms with Crippen LogP contribution in [-0.2, 0) is 37.9 Å². The van der Waals surface area contributed by atoms with Crippen LogP contribution in [0.25, 0.3) is 0 Å². The number of aliphatic hydroxyl groups is 9. The van der Waals surface area contributed by atoms with Crippen molar-refractivity contribution in [2.45, 2.75) is 202 Å². The number of hydrogen-bond donors (Lipinski definition) is 9. The molecule has 4 aliphatic carbocycles. The smallest absolute Gasteiger partial charge is 0.187 e. The number of hydrogen-bond acceptors (Lipinski definition) is 17. The first kappa shape index (κ1) is 46.2. The van der Waals surface area contributed by atoms with Gasteiger partial charge in [0.25, 0.3) is 0 Å². The lowest BCUT2D eigenvalue weighted by Crippen LogP contribution is -2.67. The minimum absolute atomic E-state index is 0.0875. The van der Waals surface area contributed by atoms with Crippen LogP contribution in [0.3, 0.4) is 0 Å². The molecule has 9 fully saturated rings. The highest BCUT2D eigenvalue weighted by molar-refractivity contribution is 5.16. The lowest BCUT2D eigenvalue weighted by Gasteiger charge is -2.61. The number of fused-ring (bicyclic) bond motifs is 7. The van der Waals surface area contributed by atoms with Crippen molar-refractivity contribution in [2.24, 2.45) is 46.3 Å². The maximum Gasteiger partial charge on any atom is 0.187 e. The summed E-state index contributed by atoms with van der Waals surface area (Å²) in [5, 5.41) is 95.9. The van der Waals surface area contributed by atoms with Crippen molar-refractivity contribution in [3.63, 3.8) is 0 Å². The molecule has 17 nitrogen and oxygen atoms in total. The largest absolute Gasteiger partial charge is 0.394 e. The molecule has 5 heterocycles. The maximum atomic E-state index is 12.0. The van der Waals surface area contributed by atoms with Gasteiger partial charge < -0.3 is 83.9 Å². The van der Waals surface area contributed by atoms with Crippen LogP contribution in [0.15, 0.2) is 12.2 Å². The van der Waals surface area contributed by atoms with Gasteiger partial charge in [-0.15, -0.1) is 0 Å². The Morgan fingerprint density at radius 3 is 2.00 bits per heavy atom. The van der Waals surface area contributed by atoms with Gasteiger partial charge in [-0.2, -0.15) is 0 Å². The molecule has 0 unspecified atom stereocenters. The molecule has 5 saturated heterocycles. The van der Waals surface area contributed by atoms with Crippen molar-refractivity contribution in [3.05, 3.63) is 12.2 Å². The molecule has 9 N–H and O–H groups in total. The Morgan fingerprint density at radius 2 is 1.31 bits per heavy atom. The molecule has 0 aromatic rings. The van der Waals surface area contributed by atoms with Crippen LogP contribution in [0.4, 0.5) is 0 Å². The lowest BCUT2D eigenvalue weighted by atomic mass is 9.44. The number of rotatable bonds is 8. The van der Waals surface area contributed by atoms with Crippen LogP contribution in [0.2, 0.25) is 0 Å². The zero-order chi connectivity index (χ0) is 44.2. The summed E-state index contributed by atoms with van der Waals surface area (Å²) in [5.41, 5.74) is 1.42. The van der Waals surface area contributed by atoms with E-state index < -0.39 is 111 Å². The van der Waals surface area contributed by atoms with Crippen LogP contribution in [0.1, 0.15) is 91.9 Å². The molecule has 1 spiro atoms. The first-order chi connectivity index (χ1) is 29.4. The van der Waals surface area contributed by atoms with Crippen LogP contribution in [0, 0.1) is 46.3 Å². The number of ether oxygens (including phenoxy) is 8.